The second-order valence-corrected chi connectivity index (χ2v) is 7.50. The van der Waals surface area contributed by atoms with Crippen LogP contribution >= 0.6 is 0 Å². The molecular formula is C18H23N5O5. The van der Waals surface area contributed by atoms with Crippen LogP contribution in [-0.2, 0) is 16.1 Å². The second-order valence-electron chi connectivity index (χ2n) is 7.50. The van der Waals surface area contributed by atoms with E-state index in [1.54, 1.807) is 26.8 Å². The maximum Gasteiger partial charge on any atom is 0.410 e. The Bertz CT molecular complexity index is 913. The molecule has 2 N–H and O–H groups in total. The molecule has 0 aromatic carbocycles. The summed E-state index contributed by atoms with van der Waals surface area (Å²) in [4.78, 5) is 44.3. The number of aromatic nitrogens is 3. The number of amides is 2. The van der Waals surface area contributed by atoms with Crippen LogP contribution in [0, 0.1) is 0 Å². The van der Waals surface area contributed by atoms with Gasteiger partial charge in [0.05, 0.1) is 6.54 Å². The molecule has 0 aliphatic carbocycles. The minimum absolute atomic E-state index is 0.0215. The summed E-state index contributed by atoms with van der Waals surface area (Å²) in [6, 6.07) is 2.40. The summed E-state index contributed by atoms with van der Waals surface area (Å²) in [5.41, 5.74) is -0.391. The normalized spacial score (nSPS) is 16.8. The largest absolute Gasteiger partial charge is 0.444 e. The third kappa shape index (κ3) is 4.76. The molecule has 0 radical (unpaired) electrons. The highest BCUT2D eigenvalue weighted by Gasteiger charge is 2.36. The van der Waals surface area contributed by atoms with Gasteiger partial charge in [-0.15, -0.1) is 0 Å². The van der Waals surface area contributed by atoms with Crippen molar-refractivity contribution in [2.24, 2.45) is 0 Å². The molecule has 0 saturated carbocycles. The molecule has 3 rings (SSSR count). The lowest BCUT2D eigenvalue weighted by molar-refractivity contribution is -0.125. The van der Waals surface area contributed by atoms with E-state index in [-0.39, 0.29) is 29.7 Å². The average molecular weight is 389 g/mol. The lowest BCUT2D eigenvalue weighted by Crippen LogP contribution is -2.47. The molecule has 28 heavy (non-hydrogen) atoms. The lowest BCUT2D eigenvalue weighted by Gasteiger charge is -2.27. The third-order valence-corrected chi connectivity index (χ3v) is 4.10. The van der Waals surface area contributed by atoms with Crippen LogP contribution in [0.3, 0.4) is 0 Å². The molecule has 2 aromatic rings. The van der Waals surface area contributed by atoms with Crippen LogP contribution in [0.2, 0.25) is 0 Å². The maximum atomic E-state index is 12.5. The fourth-order valence-corrected chi connectivity index (χ4v) is 2.89. The van der Waals surface area contributed by atoms with E-state index < -0.39 is 17.7 Å². The van der Waals surface area contributed by atoms with Gasteiger partial charge in [-0.05, 0) is 39.7 Å². The number of pyridine rings is 1. The highest BCUT2D eigenvalue weighted by molar-refractivity contribution is 5.86. The van der Waals surface area contributed by atoms with Gasteiger partial charge in [-0.2, -0.15) is 4.98 Å². The number of nitrogens with one attached hydrogen (secondary N) is 2. The summed E-state index contributed by atoms with van der Waals surface area (Å²) in [5.74, 6) is 0.149. The zero-order valence-electron chi connectivity index (χ0n) is 16.0. The summed E-state index contributed by atoms with van der Waals surface area (Å²) in [6.45, 7) is 5.84. The molecule has 1 saturated heterocycles. The molecule has 1 aliphatic rings. The van der Waals surface area contributed by atoms with Gasteiger partial charge in [-0.1, -0.05) is 5.16 Å². The van der Waals surface area contributed by atoms with Gasteiger partial charge in [0.1, 0.15) is 11.6 Å². The quantitative estimate of drug-likeness (QED) is 0.809. The number of rotatable bonds is 4. The average Bonchev–Trinajstić information content (AvgIpc) is 3.28. The van der Waals surface area contributed by atoms with Crippen LogP contribution in [-0.4, -0.2) is 50.2 Å². The van der Waals surface area contributed by atoms with Crippen molar-refractivity contribution in [2.75, 3.05) is 6.54 Å². The van der Waals surface area contributed by atoms with E-state index >= 15 is 0 Å². The van der Waals surface area contributed by atoms with Crippen molar-refractivity contribution in [1.82, 2.24) is 25.3 Å². The number of nitrogens with zero attached hydrogens (tertiary/aromatic N) is 3. The Morgan fingerprint density at radius 3 is 2.93 bits per heavy atom. The first-order valence-corrected chi connectivity index (χ1v) is 9.02. The molecule has 1 atom stereocenters. The van der Waals surface area contributed by atoms with Gasteiger partial charge in [-0.3, -0.25) is 14.5 Å². The van der Waals surface area contributed by atoms with Crippen LogP contribution in [0.25, 0.3) is 11.4 Å². The lowest BCUT2D eigenvalue weighted by atomic mass is 10.2. The van der Waals surface area contributed by atoms with Gasteiger partial charge in [0.25, 0.3) is 0 Å². The molecular weight excluding hydrogens is 366 g/mol. The standard InChI is InChI=1S/C18H23N5O5/c1-18(2,3)27-17(26)23-8-4-5-12(23)16(25)20-10-14-21-15(22-28-14)11-6-7-19-13(24)9-11/h6-7,9,12H,4-5,8,10H2,1-3H3,(H,19,24)(H,20,25). The molecule has 150 valence electrons. The third-order valence-electron chi connectivity index (χ3n) is 4.10. The molecule has 10 nitrogen and oxygen atoms in total. The summed E-state index contributed by atoms with van der Waals surface area (Å²) in [6.07, 6.45) is 2.28. The number of ether oxygens (including phenoxy) is 1. The summed E-state index contributed by atoms with van der Waals surface area (Å²) < 4.78 is 10.5. The zero-order valence-corrected chi connectivity index (χ0v) is 16.0. The molecule has 1 aliphatic heterocycles. The van der Waals surface area contributed by atoms with Gasteiger partial charge in [0, 0.05) is 24.4 Å². The summed E-state index contributed by atoms with van der Waals surface area (Å²) >= 11 is 0. The highest BCUT2D eigenvalue weighted by atomic mass is 16.6. The predicted octanol–water partition coefficient (Wildman–Crippen LogP) is 1.44. The van der Waals surface area contributed by atoms with Crippen LogP contribution in [0.4, 0.5) is 4.79 Å². The summed E-state index contributed by atoms with van der Waals surface area (Å²) in [7, 11) is 0. The van der Waals surface area contributed by atoms with Crippen LogP contribution < -0.4 is 10.9 Å². The van der Waals surface area contributed by atoms with Crippen molar-refractivity contribution in [3.63, 3.8) is 0 Å². The number of likely N-dealkylation sites (tertiary alicyclic amines) is 1. The smallest absolute Gasteiger partial charge is 0.410 e. The Balaban J connectivity index is 1.59. The van der Waals surface area contributed by atoms with Crippen molar-refractivity contribution < 1.29 is 18.8 Å². The Morgan fingerprint density at radius 1 is 1.43 bits per heavy atom. The van der Waals surface area contributed by atoms with Gasteiger partial charge in [0.2, 0.25) is 23.2 Å². The molecule has 2 aromatic heterocycles. The second kappa shape index (κ2) is 7.83. The topological polar surface area (TPSA) is 130 Å². The molecule has 0 bridgehead atoms. The Hall–Kier alpha value is -3.17. The predicted molar refractivity (Wildman–Crippen MR) is 98.2 cm³/mol. The number of carbonyl (C=O) groups excluding carboxylic acids is 2. The van der Waals surface area contributed by atoms with E-state index in [1.165, 1.54) is 17.2 Å². The number of hydrogen-bond acceptors (Lipinski definition) is 7. The Morgan fingerprint density at radius 2 is 2.21 bits per heavy atom. The van der Waals surface area contributed by atoms with E-state index in [1.807, 2.05) is 0 Å². The summed E-state index contributed by atoms with van der Waals surface area (Å²) in [5, 5.41) is 6.52. The molecule has 1 fully saturated rings. The first kappa shape index (κ1) is 19.6. The first-order chi connectivity index (χ1) is 13.2. The van der Waals surface area contributed by atoms with Crippen LogP contribution in [0.15, 0.2) is 27.6 Å². The fraction of sp³-hybridized carbons (Fsp3) is 0.500. The minimum Gasteiger partial charge on any atom is -0.444 e. The SMILES string of the molecule is CC(C)(C)OC(=O)N1CCCC1C(=O)NCc1nc(-c2cc[nH]c(=O)c2)no1. The van der Waals surface area contributed by atoms with E-state index in [0.29, 0.717) is 18.5 Å². The number of aromatic amines is 1. The highest BCUT2D eigenvalue weighted by Crippen LogP contribution is 2.21. The van der Waals surface area contributed by atoms with Gasteiger partial charge >= 0.3 is 6.09 Å². The van der Waals surface area contributed by atoms with E-state index in [4.69, 9.17) is 9.26 Å². The minimum atomic E-state index is -0.625. The molecule has 10 heteroatoms. The number of H-pyrrole nitrogens is 1. The molecule has 3 heterocycles. The van der Waals surface area contributed by atoms with Gasteiger partial charge in [-0.25, -0.2) is 4.79 Å². The number of hydrogen-bond donors (Lipinski definition) is 2. The van der Waals surface area contributed by atoms with Gasteiger partial charge in [0.15, 0.2) is 0 Å². The van der Waals surface area contributed by atoms with Gasteiger partial charge < -0.3 is 19.6 Å². The van der Waals surface area contributed by atoms with Crippen LogP contribution in [0.5, 0.6) is 0 Å². The van der Waals surface area contributed by atoms with Crippen molar-refractivity contribution in [3.8, 4) is 11.4 Å². The van der Waals surface area contributed by atoms with E-state index in [9.17, 15) is 14.4 Å². The molecule has 2 amide bonds. The number of carbonyl (C=O) groups is 2. The van der Waals surface area contributed by atoms with Crippen LogP contribution in [0.1, 0.15) is 39.5 Å². The zero-order chi connectivity index (χ0) is 20.3. The first-order valence-electron chi connectivity index (χ1n) is 9.02. The van der Waals surface area contributed by atoms with Crippen molar-refractivity contribution >= 4 is 12.0 Å². The maximum absolute atomic E-state index is 12.5. The fourth-order valence-electron chi connectivity index (χ4n) is 2.89. The Kier molecular flexibility index (Phi) is 5.48. The van der Waals surface area contributed by atoms with E-state index in [0.717, 1.165) is 6.42 Å². The molecule has 1 unspecified atom stereocenters. The van der Waals surface area contributed by atoms with Crippen molar-refractivity contribution in [1.29, 1.82) is 0 Å². The monoisotopic (exact) mass is 389 g/mol. The van der Waals surface area contributed by atoms with Crippen molar-refractivity contribution in [3.05, 3.63) is 34.6 Å². The van der Waals surface area contributed by atoms with Crippen molar-refractivity contribution in [2.45, 2.75) is 51.8 Å². The molecule has 0 spiro atoms. The Labute approximate surface area is 161 Å². The van der Waals surface area contributed by atoms with E-state index in [2.05, 4.69) is 20.4 Å².